The van der Waals surface area contributed by atoms with E-state index >= 15 is 0 Å². The van der Waals surface area contributed by atoms with Crippen molar-refractivity contribution in [3.63, 3.8) is 0 Å². The molecule has 0 unspecified atom stereocenters. The van der Waals surface area contributed by atoms with Gasteiger partial charge in [-0.1, -0.05) is 24.3 Å². The van der Waals surface area contributed by atoms with Gasteiger partial charge in [0.25, 0.3) is 5.91 Å². The van der Waals surface area contributed by atoms with E-state index in [1.807, 2.05) is 50.2 Å². The molecule has 3 rings (SSSR count). The van der Waals surface area contributed by atoms with E-state index in [2.05, 4.69) is 15.2 Å². The summed E-state index contributed by atoms with van der Waals surface area (Å²) in [5.74, 6) is -0.257. The van der Waals surface area contributed by atoms with Crippen LogP contribution in [0.3, 0.4) is 0 Å². The largest absolute Gasteiger partial charge is 0.285 e. The number of carbonyl (C=O) groups is 1. The number of carbonyl (C=O) groups excluding carboxylic acids is 1. The lowest BCUT2D eigenvalue weighted by Gasteiger charge is -2.04. The third-order valence-corrected chi connectivity index (χ3v) is 3.15. The van der Waals surface area contributed by atoms with E-state index in [9.17, 15) is 4.79 Å². The molecule has 0 atom stereocenters. The molecule has 0 aliphatic carbocycles. The predicted molar refractivity (Wildman–Crippen MR) is 86.2 cm³/mol. The molecule has 1 aromatic carbocycles. The van der Waals surface area contributed by atoms with Crippen molar-refractivity contribution in [2.75, 3.05) is 0 Å². The first kappa shape index (κ1) is 14.9. The molecule has 0 aliphatic rings. The summed E-state index contributed by atoms with van der Waals surface area (Å²) in [7, 11) is 0. The lowest BCUT2D eigenvalue weighted by molar-refractivity contribution is 0.0949. The number of aromatic nitrogens is 4. The van der Waals surface area contributed by atoms with Gasteiger partial charge in [-0.25, -0.2) is 0 Å². The number of para-hydroxylation sites is 1. The zero-order valence-corrected chi connectivity index (χ0v) is 13.0. The van der Waals surface area contributed by atoms with Crippen LogP contribution in [0.2, 0.25) is 0 Å². The summed E-state index contributed by atoms with van der Waals surface area (Å²) >= 11 is 0. The summed E-state index contributed by atoms with van der Waals surface area (Å²) in [5, 5.41) is 8.43. The van der Waals surface area contributed by atoms with Crippen LogP contribution in [-0.2, 0) is 0 Å². The first-order chi connectivity index (χ1) is 11.1. The van der Waals surface area contributed by atoms with Gasteiger partial charge in [0.1, 0.15) is 5.49 Å². The van der Waals surface area contributed by atoms with Crippen LogP contribution in [-0.4, -0.2) is 31.5 Å². The van der Waals surface area contributed by atoms with Crippen LogP contribution in [0.5, 0.6) is 0 Å². The average molecular weight is 307 g/mol. The third-order valence-electron chi connectivity index (χ3n) is 3.15. The standard InChI is InChI=1S/C17H17N5O/c1-13(2)19-16-10-6-7-11-21(16)17(23)15-12-18-22(20-15)14-8-4-3-5-9-14/h3-13H,1-2H3. The van der Waals surface area contributed by atoms with Gasteiger partial charge in [0.2, 0.25) is 0 Å². The summed E-state index contributed by atoms with van der Waals surface area (Å²) < 4.78 is 1.49. The third kappa shape index (κ3) is 3.26. The Hall–Kier alpha value is -3.02. The fourth-order valence-electron chi connectivity index (χ4n) is 2.15. The van der Waals surface area contributed by atoms with Crippen molar-refractivity contribution < 1.29 is 4.79 Å². The van der Waals surface area contributed by atoms with E-state index in [1.54, 1.807) is 18.3 Å². The van der Waals surface area contributed by atoms with Crippen molar-refractivity contribution >= 4 is 5.91 Å². The normalized spacial score (nSPS) is 11.9. The molecule has 0 saturated heterocycles. The van der Waals surface area contributed by atoms with E-state index in [0.717, 1.165) is 5.69 Å². The maximum atomic E-state index is 12.7. The second-order valence-electron chi connectivity index (χ2n) is 5.31. The predicted octanol–water partition coefficient (Wildman–Crippen LogP) is 2.07. The molecular formula is C17H17N5O. The Morgan fingerprint density at radius 3 is 2.57 bits per heavy atom. The van der Waals surface area contributed by atoms with Crippen molar-refractivity contribution in [2.24, 2.45) is 4.99 Å². The summed E-state index contributed by atoms with van der Waals surface area (Å²) in [6, 6.07) is 15.0. The Morgan fingerprint density at radius 2 is 1.83 bits per heavy atom. The summed E-state index contributed by atoms with van der Waals surface area (Å²) in [6.45, 7) is 3.93. The number of hydrogen-bond acceptors (Lipinski definition) is 4. The molecule has 2 aromatic heterocycles. The van der Waals surface area contributed by atoms with E-state index in [4.69, 9.17) is 0 Å². The van der Waals surface area contributed by atoms with Crippen molar-refractivity contribution in [2.45, 2.75) is 19.9 Å². The number of hydrogen-bond donors (Lipinski definition) is 0. The molecule has 116 valence electrons. The molecule has 6 nitrogen and oxygen atoms in total. The molecule has 0 saturated carbocycles. The van der Waals surface area contributed by atoms with Crippen molar-refractivity contribution in [3.05, 3.63) is 72.1 Å². The molecule has 23 heavy (non-hydrogen) atoms. The fraction of sp³-hybridized carbons (Fsp3) is 0.176. The molecule has 6 heteroatoms. The Morgan fingerprint density at radius 1 is 1.09 bits per heavy atom. The minimum absolute atomic E-state index is 0.0939. The molecule has 0 amide bonds. The zero-order chi connectivity index (χ0) is 16.2. The molecule has 2 heterocycles. The Balaban J connectivity index is 1.98. The van der Waals surface area contributed by atoms with Gasteiger partial charge in [-0.2, -0.15) is 9.90 Å². The van der Waals surface area contributed by atoms with Gasteiger partial charge in [0, 0.05) is 12.2 Å². The first-order valence-corrected chi connectivity index (χ1v) is 7.39. The molecule has 0 spiro atoms. The van der Waals surface area contributed by atoms with E-state index < -0.39 is 0 Å². The van der Waals surface area contributed by atoms with Gasteiger partial charge < -0.3 is 0 Å². The number of rotatable bonds is 3. The van der Waals surface area contributed by atoms with Gasteiger partial charge >= 0.3 is 0 Å². The van der Waals surface area contributed by atoms with Crippen molar-refractivity contribution in [3.8, 4) is 5.69 Å². The smallest absolute Gasteiger partial charge is 0.266 e. The molecular weight excluding hydrogens is 290 g/mol. The van der Waals surface area contributed by atoms with E-state index in [-0.39, 0.29) is 17.6 Å². The van der Waals surface area contributed by atoms with Crippen LogP contribution < -0.4 is 5.49 Å². The highest BCUT2D eigenvalue weighted by atomic mass is 16.2. The average Bonchev–Trinajstić information content (AvgIpc) is 3.05. The van der Waals surface area contributed by atoms with Gasteiger partial charge in [-0.05, 0) is 38.1 Å². The Bertz CT molecular complexity index is 877. The molecule has 0 radical (unpaired) electrons. The molecule has 0 aliphatic heterocycles. The van der Waals surface area contributed by atoms with Crippen molar-refractivity contribution in [1.29, 1.82) is 0 Å². The molecule has 0 bridgehead atoms. The first-order valence-electron chi connectivity index (χ1n) is 7.39. The highest BCUT2D eigenvalue weighted by Crippen LogP contribution is 2.05. The van der Waals surface area contributed by atoms with Gasteiger partial charge in [0.05, 0.1) is 11.9 Å². The quantitative estimate of drug-likeness (QED) is 0.744. The zero-order valence-electron chi connectivity index (χ0n) is 13.0. The maximum Gasteiger partial charge on any atom is 0.285 e. The minimum Gasteiger partial charge on any atom is -0.266 e. The molecule has 3 aromatic rings. The van der Waals surface area contributed by atoms with Crippen LogP contribution in [0.4, 0.5) is 0 Å². The summed E-state index contributed by atoms with van der Waals surface area (Å²) in [5.41, 5.74) is 1.67. The molecule has 0 N–H and O–H groups in total. The van der Waals surface area contributed by atoms with Crippen LogP contribution in [0.1, 0.15) is 24.3 Å². The van der Waals surface area contributed by atoms with Crippen LogP contribution >= 0.6 is 0 Å². The number of benzene rings is 1. The Labute approximate surface area is 133 Å². The van der Waals surface area contributed by atoms with E-state index in [1.165, 1.54) is 15.6 Å². The fourth-order valence-corrected chi connectivity index (χ4v) is 2.15. The lowest BCUT2D eigenvalue weighted by Crippen LogP contribution is -2.28. The number of pyridine rings is 1. The van der Waals surface area contributed by atoms with Gasteiger partial charge in [-0.15, -0.1) is 5.10 Å². The molecule has 0 fully saturated rings. The second kappa shape index (κ2) is 6.39. The SMILES string of the molecule is CC(C)N=c1ccccn1C(=O)c1cnn(-c2ccccc2)n1. The van der Waals surface area contributed by atoms with Gasteiger partial charge in [-0.3, -0.25) is 14.4 Å². The van der Waals surface area contributed by atoms with Crippen LogP contribution in [0, 0.1) is 0 Å². The minimum atomic E-state index is -0.257. The van der Waals surface area contributed by atoms with E-state index in [0.29, 0.717) is 5.49 Å². The van der Waals surface area contributed by atoms with Crippen molar-refractivity contribution in [1.82, 2.24) is 19.6 Å². The highest BCUT2D eigenvalue weighted by molar-refractivity contribution is 5.93. The maximum absolute atomic E-state index is 12.7. The second-order valence-corrected chi connectivity index (χ2v) is 5.31. The van der Waals surface area contributed by atoms with Gasteiger partial charge in [0.15, 0.2) is 5.69 Å². The highest BCUT2D eigenvalue weighted by Gasteiger charge is 2.14. The van der Waals surface area contributed by atoms with Crippen LogP contribution in [0.25, 0.3) is 5.69 Å². The monoisotopic (exact) mass is 307 g/mol. The summed E-state index contributed by atoms with van der Waals surface area (Å²) in [4.78, 5) is 18.6. The number of nitrogens with zero attached hydrogens (tertiary/aromatic N) is 5. The van der Waals surface area contributed by atoms with Crippen LogP contribution in [0.15, 0.2) is 65.9 Å². The Kier molecular flexibility index (Phi) is 4.14. The summed E-state index contributed by atoms with van der Waals surface area (Å²) in [6.07, 6.45) is 3.15. The topological polar surface area (TPSA) is 65.1 Å². The lowest BCUT2D eigenvalue weighted by atomic mass is 10.3.